The van der Waals surface area contributed by atoms with Crippen LogP contribution in [0, 0.1) is 5.92 Å². The lowest BCUT2D eigenvalue weighted by molar-refractivity contribution is -0.136. The molecule has 1 N–H and O–H groups in total. The number of imide groups is 1. The summed E-state index contributed by atoms with van der Waals surface area (Å²) in [6.07, 6.45) is 0.827. The minimum absolute atomic E-state index is 0.0154. The number of ketones is 1. The highest BCUT2D eigenvalue weighted by Crippen LogP contribution is 2.35. The van der Waals surface area contributed by atoms with Crippen LogP contribution in [0.25, 0.3) is 0 Å². The second-order valence-corrected chi connectivity index (χ2v) is 9.18. The lowest BCUT2D eigenvalue weighted by atomic mass is 9.83. The van der Waals surface area contributed by atoms with Gasteiger partial charge in [0.2, 0.25) is 11.8 Å². The Morgan fingerprint density at radius 3 is 2.59 bits per heavy atom. The molecule has 2 aromatic carbocycles. The Labute approximate surface area is 191 Å². The third kappa shape index (κ3) is 4.19. The molecule has 166 valence electrons. The van der Waals surface area contributed by atoms with Crippen molar-refractivity contribution in [2.24, 2.45) is 5.92 Å². The van der Waals surface area contributed by atoms with Crippen LogP contribution in [0.5, 0.6) is 0 Å². The van der Waals surface area contributed by atoms with Crippen LogP contribution in [0.1, 0.15) is 70.9 Å². The molecule has 0 spiro atoms. The Morgan fingerprint density at radius 1 is 1.16 bits per heavy atom. The molecular weight excluding hydrogens is 428 g/mol. The first-order valence-corrected chi connectivity index (χ1v) is 11.2. The van der Waals surface area contributed by atoms with Crippen molar-refractivity contribution in [3.63, 3.8) is 0 Å². The van der Waals surface area contributed by atoms with E-state index in [1.165, 1.54) is 4.90 Å². The molecular formula is C25H25ClN2O4. The van der Waals surface area contributed by atoms with Crippen LogP contribution in [0.4, 0.5) is 0 Å². The van der Waals surface area contributed by atoms with Gasteiger partial charge in [-0.1, -0.05) is 49.7 Å². The smallest absolute Gasteiger partial charge is 0.255 e. The zero-order valence-corrected chi connectivity index (χ0v) is 18.8. The molecule has 2 aliphatic heterocycles. The number of piperidine rings is 1. The van der Waals surface area contributed by atoms with Crippen molar-refractivity contribution < 1.29 is 19.2 Å². The molecule has 3 amide bonds. The van der Waals surface area contributed by atoms with Crippen LogP contribution in [-0.4, -0.2) is 34.4 Å². The van der Waals surface area contributed by atoms with Crippen molar-refractivity contribution in [1.82, 2.24) is 10.2 Å². The normalized spacial score (nSPS) is 19.2. The van der Waals surface area contributed by atoms with Gasteiger partial charge in [0.1, 0.15) is 6.04 Å². The summed E-state index contributed by atoms with van der Waals surface area (Å²) in [5.41, 5.74) is 2.72. The number of halogens is 1. The number of carbonyl (C=O) groups excluding carboxylic acids is 4. The van der Waals surface area contributed by atoms with Gasteiger partial charge in [0, 0.05) is 35.5 Å². The first-order valence-electron chi connectivity index (χ1n) is 10.8. The molecule has 4 rings (SSSR count). The zero-order chi connectivity index (χ0) is 23.0. The maximum atomic E-state index is 13.2. The molecule has 0 radical (unpaired) electrons. The average molecular weight is 453 g/mol. The monoisotopic (exact) mass is 452 g/mol. The van der Waals surface area contributed by atoms with Crippen molar-refractivity contribution in [3.05, 3.63) is 69.7 Å². The van der Waals surface area contributed by atoms with E-state index < -0.39 is 11.9 Å². The van der Waals surface area contributed by atoms with Crippen LogP contribution in [0.15, 0.2) is 42.5 Å². The van der Waals surface area contributed by atoms with E-state index in [9.17, 15) is 19.2 Å². The van der Waals surface area contributed by atoms with E-state index in [0.717, 1.165) is 11.1 Å². The van der Waals surface area contributed by atoms with Crippen molar-refractivity contribution in [3.8, 4) is 0 Å². The SMILES string of the molecule is CC(C)[C@H](CC(=O)c1ccc2c(c1)CN(C1CCC(=O)NC1=O)C2=O)c1ccccc1Cl. The number of hydrogen-bond acceptors (Lipinski definition) is 4. The Morgan fingerprint density at radius 2 is 1.91 bits per heavy atom. The summed E-state index contributed by atoms with van der Waals surface area (Å²) in [4.78, 5) is 51.1. The summed E-state index contributed by atoms with van der Waals surface area (Å²) in [7, 11) is 0. The number of nitrogens with zero attached hydrogens (tertiary/aromatic N) is 1. The molecule has 1 saturated heterocycles. The van der Waals surface area contributed by atoms with E-state index in [2.05, 4.69) is 19.2 Å². The highest BCUT2D eigenvalue weighted by molar-refractivity contribution is 6.31. The highest BCUT2D eigenvalue weighted by atomic mass is 35.5. The maximum Gasteiger partial charge on any atom is 0.255 e. The van der Waals surface area contributed by atoms with Gasteiger partial charge in [-0.15, -0.1) is 0 Å². The first kappa shape index (κ1) is 22.2. The van der Waals surface area contributed by atoms with Crippen LogP contribution in [0.3, 0.4) is 0 Å². The number of benzene rings is 2. The minimum atomic E-state index is -0.669. The summed E-state index contributed by atoms with van der Waals surface area (Å²) in [6, 6.07) is 12.0. The Bertz CT molecular complexity index is 1110. The number of amides is 3. The molecule has 0 saturated carbocycles. The minimum Gasteiger partial charge on any atom is -0.322 e. The van der Waals surface area contributed by atoms with Gasteiger partial charge in [-0.25, -0.2) is 0 Å². The van der Waals surface area contributed by atoms with E-state index in [4.69, 9.17) is 11.6 Å². The maximum absolute atomic E-state index is 13.2. The highest BCUT2D eigenvalue weighted by Gasteiger charge is 2.39. The molecule has 7 heteroatoms. The number of hydrogen-bond donors (Lipinski definition) is 1. The third-order valence-corrected chi connectivity index (χ3v) is 6.70. The van der Waals surface area contributed by atoms with Crippen LogP contribution in [-0.2, 0) is 16.1 Å². The second-order valence-electron chi connectivity index (χ2n) is 8.77. The van der Waals surface area contributed by atoms with Gasteiger partial charge in [0.25, 0.3) is 5.91 Å². The molecule has 0 aliphatic carbocycles. The number of Topliss-reactive ketones (excluding diaryl/α,β-unsaturated/α-hetero) is 1. The van der Waals surface area contributed by atoms with E-state index in [-0.39, 0.29) is 42.4 Å². The molecule has 32 heavy (non-hydrogen) atoms. The summed E-state index contributed by atoms with van der Waals surface area (Å²) >= 11 is 6.39. The number of fused-ring (bicyclic) bond motifs is 1. The van der Waals surface area contributed by atoms with Crippen LogP contribution < -0.4 is 5.32 Å². The Kier molecular flexibility index (Phi) is 6.15. The van der Waals surface area contributed by atoms with E-state index in [1.54, 1.807) is 18.2 Å². The third-order valence-electron chi connectivity index (χ3n) is 6.36. The fourth-order valence-electron chi connectivity index (χ4n) is 4.55. The van der Waals surface area contributed by atoms with E-state index >= 15 is 0 Å². The Hall–Kier alpha value is -2.99. The largest absolute Gasteiger partial charge is 0.322 e. The average Bonchev–Trinajstić information content (AvgIpc) is 3.08. The summed E-state index contributed by atoms with van der Waals surface area (Å²) in [6.45, 7) is 4.39. The Balaban J connectivity index is 1.53. The van der Waals surface area contributed by atoms with E-state index in [0.29, 0.717) is 29.0 Å². The first-order chi connectivity index (χ1) is 15.3. The van der Waals surface area contributed by atoms with Gasteiger partial charge in [-0.3, -0.25) is 24.5 Å². The lowest BCUT2D eigenvalue weighted by Gasteiger charge is -2.29. The summed E-state index contributed by atoms with van der Waals surface area (Å²) in [5.74, 6) is -0.827. The number of rotatable bonds is 6. The molecule has 2 heterocycles. The van der Waals surface area contributed by atoms with Crippen molar-refractivity contribution in [2.75, 3.05) is 0 Å². The molecule has 0 aromatic heterocycles. The summed E-state index contributed by atoms with van der Waals surface area (Å²) in [5, 5.41) is 2.95. The van der Waals surface area contributed by atoms with Crippen molar-refractivity contribution in [2.45, 2.75) is 51.6 Å². The quantitative estimate of drug-likeness (QED) is 0.528. The predicted molar refractivity (Wildman–Crippen MR) is 120 cm³/mol. The van der Waals surface area contributed by atoms with Crippen LogP contribution >= 0.6 is 11.6 Å². The van der Waals surface area contributed by atoms with Gasteiger partial charge in [-0.05, 0) is 47.6 Å². The second kappa shape index (κ2) is 8.87. The molecule has 6 nitrogen and oxygen atoms in total. The number of carbonyl (C=O) groups is 4. The zero-order valence-electron chi connectivity index (χ0n) is 18.1. The van der Waals surface area contributed by atoms with Crippen molar-refractivity contribution >= 4 is 35.1 Å². The summed E-state index contributed by atoms with van der Waals surface area (Å²) < 4.78 is 0. The fourth-order valence-corrected chi connectivity index (χ4v) is 4.82. The van der Waals surface area contributed by atoms with Gasteiger partial charge in [-0.2, -0.15) is 0 Å². The standard InChI is InChI=1S/C25H25ClN2O4/c1-14(2)19(18-5-3-4-6-20(18)26)12-22(29)15-7-8-17-16(11-15)13-28(25(17)32)21-9-10-23(30)27-24(21)31/h3-8,11,14,19,21H,9-10,12-13H2,1-2H3,(H,27,30,31)/t19-,21?/m0/s1. The number of nitrogens with one attached hydrogen (secondary N) is 1. The lowest BCUT2D eigenvalue weighted by Crippen LogP contribution is -2.52. The molecule has 0 bridgehead atoms. The molecule has 2 aromatic rings. The molecule has 1 fully saturated rings. The topological polar surface area (TPSA) is 83.6 Å². The molecule has 1 unspecified atom stereocenters. The van der Waals surface area contributed by atoms with Gasteiger partial charge < -0.3 is 4.90 Å². The van der Waals surface area contributed by atoms with Crippen molar-refractivity contribution in [1.29, 1.82) is 0 Å². The molecule has 2 aliphatic rings. The van der Waals surface area contributed by atoms with Gasteiger partial charge in [0.15, 0.2) is 5.78 Å². The van der Waals surface area contributed by atoms with Gasteiger partial charge in [0.05, 0.1) is 0 Å². The molecule has 2 atom stereocenters. The van der Waals surface area contributed by atoms with Crippen LogP contribution in [0.2, 0.25) is 5.02 Å². The van der Waals surface area contributed by atoms with Gasteiger partial charge >= 0.3 is 0 Å². The fraction of sp³-hybridized carbons (Fsp3) is 0.360. The predicted octanol–water partition coefficient (Wildman–Crippen LogP) is 4.11. The van der Waals surface area contributed by atoms with E-state index in [1.807, 2.05) is 24.3 Å².